The van der Waals surface area contributed by atoms with Gasteiger partial charge in [-0.15, -0.1) is 0 Å². The van der Waals surface area contributed by atoms with Crippen molar-refractivity contribution < 1.29 is 32.4 Å². The number of oxime groups is 2. The van der Waals surface area contributed by atoms with E-state index in [2.05, 4.69) is 15.3 Å². The van der Waals surface area contributed by atoms with Crippen LogP contribution < -0.4 is 0 Å². The Hall–Kier alpha value is -3.69. The van der Waals surface area contributed by atoms with Gasteiger partial charge in [-0.3, -0.25) is 4.79 Å². The topological polar surface area (TPSA) is 81.8 Å². The molecule has 0 unspecified atom stereocenters. The molecule has 2 aromatic carbocycles. The Morgan fingerprint density at radius 1 is 1.00 bits per heavy atom. The van der Waals surface area contributed by atoms with Crippen molar-refractivity contribution in [2.24, 2.45) is 15.3 Å². The molecular formula is C22H22F3N3O4. The fourth-order valence-electron chi connectivity index (χ4n) is 2.68. The molecule has 0 heterocycles. The van der Waals surface area contributed by atoms with Crippen molar-refractivity contribution in [2.45, 2.75) is 26.6 Å². The van der Waals surface area contributed by atoms with Crippen LogP contribution in [0.25, 0.3) is 0 Å². The summed E-state index contributed by atoms with van der Waals surface area (Å²) in [5, 5.41) is 7.85. The highest BCUT2D eigenvalue weighted by molar-refractivity contribution is 6.46. The van der Waals surface area contributed by atoms with E-state index in [1.165, 1.54) is 33.3 Å². The maximum Gasteiger partial charge on any atom is 0.416 e. The standard InChI is InChI=1S/C22H22F3N3O4/c1-14(16-9-7-10-18(12-16)22(23,24)25)27-32-13-17-8-5-6-11-19(17)20(28-31-4)21(30-3)26-15(2)29/h5-12H,13H2,1-4H3. The van der Waals surface area contributed by atoms with Crippen molar-refractivity contribution >= 4 is 23.2 Å². The summed E-state index contributed by atoms with van der Waals surface area (Å²) >= 11 is 0. The van der Waals surface area contributed by atoms with Crippen molar-refractivity contribution in [1.82, 2.24) is 0 Å². The van der Waals surface area contributed by atoms with Crippen LogP contribution in [0.3, 0.4) is 0 Å². The van der Waals surface area contributed by atoms with Gasteiger partial charge in [0.25, 0.3) is 0 Å². The Balaban J connectivity index is 2.29. The van der Waals surface area contributed by atoms with Crippen LogP contribution in [0.15, 0.2) is 63.8 Å². The minimum Gasteiger partial charge on any atom is -0.479 e. The average Bonchev–Trinajstić information content (AvgIpc) is 2.76. The largest absolute Gasteiger partial charge is 0.479 e. The fourth-order valence-corrected chi connectivity index (χ4v) is 2.68. The third-order valence-electron chi connectivity index (χ3n) is 4.14. The first-order chi connectivity index (χ1) is 15.2. The molecule has 7 nitrogen and oxygen atoms in total. The molecule has 10 heteroatoms. The Morgan fingerprint density at radius 3 is 2.34 bits per heavy atom. The van der Waals surface area contributed by atoms with Crippen LogP contribution in [0.4, 0.5) is 13.2 Å². The Bertz CT molecular complexity index is 1050. The second-order valence-electron chi connectivity index (χ2n) is 6.45. The maximum atomic E-state index is 12.9. The van der Waals surface area contributed by atoms with Crippen LogP contribution in [-0.4, -0.2) is 37.4 Å². The van der Waals surface area contributed by atoms with E-state index in [0.29, 0.717) is 11.1 Å². The number of hydrogen-bond acceptors (Lipinski definition) is 6. The van der Waals surface area contributed by atoms with Crippen LogP contribution in [0.5, 0.6) is 0 Å². The Kier molecular flexibility index (Phi) is 8.51. The van der Waals surface area contributed by atoms with E-state index in [-0.39, 0.29) is 29.5 Å². The zero-order chi connectivity index (χ0) is 23.7. The lowest BCUT2D eigenvalue weighted by Crippen LogP contribution is -2.21. The first-order valence-corrected chi connectivity index (χ1v) is 9.34. The number of methoxy groups -OCH3 is 1. The molecule has 0 saturated carbocycles. The van der Waals surface area contributed by atoms with Crippen LogP contribution in [0.2, 0.25) is 0 Å². The number of halogens is 3. The zero-order valence-electron chi connectivity index (χ0n) is 17.9. The lowest BCUT2D eigenvalue weighted by molar-refractivity contribution is -0.137. The van der Waals surface area contributed by atoms with Crippen molar-refractivity contribution in [3.63, 3.8) is 0 Å². The number of nitrogens with zero attached hydrogens (tertiary/aromatic N) is 3. The van der Waals surface area contributed by atoms with Gasteiger partial charge in [0.2, 0.25) is 11.8 Å². The Labute approximate surface area is 183 Å². The van der Waals surface area contributed by atoms with Gasteiger partial charge in [0.15, 0.2) is 5.71 Å². The molecule has 0 bridgehead atoms. The van der Waals surface area contributed by atoms with E-state index >= 15 is 0 Å². The van der Waals surface area contributed by atoms with Crippen LogP contribution in [0.1, 0.15) is 36.1 Å². The van der Waals surface area contributed by atoms with E-state index in [9.17, 15) is 18.0 Å². The van der Waals surface area contributed by atoms with Crippen LogP contribution >= 0.6 is 0 Å². The highest BCUT2D eigenvalue weighted by Crippen LogP contribution is 2.29. The van der Waals surface area contributed by atoms with Crippen molar-refractivity contribution in [3.05, 3.63) is 70.8 Å². The first kappa shape index (κ1) is 24.6. The highest BCUT2D eigenvalue weighted by Gasteiger charge is 2.30. The van der Waals surface area contributed by atoms with E-state index in [1.54, 1.807) is 31.2 Å². The van der Waals surface area contributed by atoms with Crippen LogP contribution in [0, 0.1) is 0 Å². The zero-order valence-corrected chi connectivity index (χ0v) is 17.9. The number of carbonyl (C=O) groups is 1. The SMILES string of the molecule is CON=C(C(=NC(C)=O)OC)c1ccccc1CON=C(C)c1cccc(C(F)(F)F)c1. The normalized spacial score (nSPS) is 13.0. The predicted octanol–water partition coefficient (Wildman–Crippen LogP) is 4.59. The van der Waals surface area contributed by atoms with Gasteiger partial charge in [-0.05, 0) is 24.6 Å². The fraction of sp³-hybridized carbons (Fsp3) is 0.273. The number of hydrogen-bond donors (Lipinski definition) is 0. The molecule has 0 aliphatic heterocycles. The molecule has 32 heavy (non-hydrogen) atoms. The van der Waals surface area contributed by atoms with Gasteiger partial charge in [0.05, 0.1) is 18.4 Å². The second kappa shape index (κ2) is 11.1. The quantitative estimate of drug-likeness (QED) is 0.352. The summed E-state index contributed by atoms with van der Waals surface area (Å²) in [6, 6.07) is 11.7. The molecule has 0 aliphatic rings. The molecule has 0 N–H and O–H groups in total. The van der Waals surface area contributed by atoms with Gasteiger partial charge >= 0.3 is 6.18 Å². The van der Waals surface area contributed by atoms with Gasteiger partial charge in [0, 0.05) is 18.1 Å². The number of benzene rings is 2. The summed E-state index contributed by atoms with van der Waals surface area (Å²) in [7, 11) is 2.68. The summed E-state index contributed by atoms with van der Waals surface area (Å²) in [5.74, 6) is -0.531. The third kappa shape index (κ3) is 6.66. The van der Waals surface area contributed by atoms with Gasteiger partial charge in [0.1, 0.15) is 13.7 Å². The number of aliphatic imine (C=N–C) groups is 1. The van der Waals surface area contributed by atoms with E-state index < -0.39 is 17.6 Å². The summed E-state index contributed by atoms with van der Waals surface area (Å²) < 4.78 is 44.0. The molecule has 0 fully saturated rings. The predicted molar refractivity (Wildman–Crippen MR) is 114 cm³/mol. The maximum absolute atomic E-state index is 12.9. The Morgan fingerprint density at radius 2 is 1.72 bits per heavy atom. The number of alkyl halides is 3. The van der Waals surface area contributed by atoms with Crippen LogP contribution in [-0.2, 0) is 32.0 Å². The molecule has 0 aliphatic carbocycles. The number of ether oxygens (including phenoxy) is 1. The highest BCUT2D eigenvalue weighted by atomic mass is 19.4. The van der Waals surface area contributed by atoms with Crippen molar-refractivity contribution in [1.29, 1.82) is 0 Å². The summed E-state index contributed by atoms with van der Waals surface area (Å²) in [5.41, 5.74) is 1.08. The summed E-state index contributed by atoms with van der Waals surface area (Å²) in [6.07, 6.45) is -4.45. The second-order valence-corrected chi connectivity index (χ2v) is 6.45. The third-order valence-corrected chi connectivity index (χ3v) is 4.14. The van der Waals surface area contributed by atoms with E-state index in [4.69, 9.17) is 14.4 Å². The average molecular weight is 449 g/mol. The molecule has 0 aromatic heterocycles. The monoisotopic (exact) mass is 449 g/mol. The van der Waals surface area contributed by atoms with Crippen molar-refractivity contribution in [3.8, 4) is 0 Å². The van der Waals surface area contributed by atoms with Gasteiger partial charge in [-0.25, -0.2) is 0 Å². The number of amides is 1. The molecule has 0 radical (unpaired) electrons. The van der Waals surface area contributed by atoms with Gasteiger partial charge in [-0.2, -0.15) is 18.2 Å². The molecule has 170 valence electrons. The van der Waals surface area contributed by atoms with Crippen molar-refractivity contribution in [2.75, 3.05) is 14.2 Å². The lowest BCUT2D eigenvalue weighted by Gasteiger charge is -2.12. The molecule has 2 aromatic rings. The van der Waals surface area contributed by atoms with E-state index in [0.717, 1.165) is 12.1 Å². The molecule has 0 atom stereocenters. The minimum atomic E-state index is -4.45. The first-order valence-electron chi connectivity index (χ1n) is 9.34. The number of rotatable bonds is 7. The lowest BCUT2D eigenvalue weighted by atomic mass is 10.0. The molecule has 2 rings (SSSR count). The molecule has 0 spiro atoms. The molecule has 1 amide bonds. The smallest absolute Gasteiger partial charge is 0.416 e. The van der Waals surface area contributed by atoms with Gasteiger partial charge < -0.3 is 14.4 Å². The summed E-state index contributed by atoms with van der Waals surface area (Å²) in [4.78, 5) is 25.5. The van der Waals surface area contributed by atoms with E-state index in [1.807, 2.05) is 0 Å². The summed E-state index contributed by atoms with van der Waals surface area (Å²) in [6.45, 7) is 2.78. The molecular weight excluding hydrogens is 427 g/mol. The minimum absolute atomic E-state index is 0.0354. The van der Waals surface area contributed by atoms with Gasteiger partial charge in [-0.1, -0.05) is 46.7 Å². The number of carbonyl (C=O) groups excluding carboxylic acids is 1. The molecule has 0 saturated heterocycles.